The molecule has 3 heterocycles. The zero-order valence-corrected chi connectivity index (χ0v) is 13.8. The number of anilines is 2. The summed E-state index contributed by atoms with van der Waals surface area (Å²) in [4.78, 5) is 18.8. The van der Waals surface area contributed by atoms with Gasteiger partial charge in [-0.2, -0.15) is 0 Å². The molecule has 0 radical (unpaired) electrons. The van der Waals surface area contributed by atoms with E-state index in [9.17, 15) is 4.79 Å². The van der Waals surface area contributed by atoms with Gasteiger partial charge in [0, 0.05) is 26.4 Å². The molecule has 23 heavy (non-hydrogen) atoms. The van der Waals surface area contributed by atoms with Crippen molar-refractivity contribution in [2.45, 2.75) is 12.8 Å². The Hall–Kier alpha value is -2.06. The number of methoxy groups -OCH3 is 1. The van der Waals surface area contributed by atoms with Gasteiger partial charge in [0.05, 0.1) is 12.2 Å². The van der Waals surface area contributed by atoms with E-state index in [4.69, 9.17) is 4.74 Å². The first-order chi connectivity index (χ1) is 11.3. The van der Waals surface area contributed by atoms with Crippen molar-refractivity contribution < 1.29 is 9.53 Å². The van der Waals surface area contributed by atoms with E-state index in [-0.39, 0.29) is 5.91 Å². The van der Waals surface area contributed by atoms with Gasteiger partial charge in [0.25, 0.3) is 5.91 Å². The monoisotopic (exact) mass is 333 g/mol. The third kappa shape index (κ3) is 4.02. The molecule has 1 N–H and O–H groups in total. The molecular weight excluding hydrogens is 314 g/mol. The van der Waals surface area contributed by atoms with Crippen LogP contribution in [0, 0.1) is 5.92 Å². The molecule has 0 aliphatic carbocycles. The molecule has 3 rings (SSSR count). The van der Waals surface area contributed by atoms with Crippen LogP contribution >= 0.6 is 11.3 Å². The fraction of sp³-hybridized carbons (Fsp3) is 0.467. The number of nitrogens with one attached hydrogen (secondary N) is 1. The number of hydrogen-bond donors (Lipinski definition) is 1. The van der Waals surface area contributed by atoms with E-state index in [2.05, 4.69) is 25.4 Å². The Morgan fingerprint density at radius 2 is 2.43 bits per heavy atom. The second-order valence-electron chi connectivity index (χ2n) is 5.51. The lowest BCUT2D eigenvalue weighted by Crippen LogP contribution is -2.37. The van der Waals surface area contributed by atoms with Crippen molar-refractivity contribution in [2.75, 3.05) is 37.0 Å². The van der Waals surface area contributed by atoms with Gasteiger partial charge in [-0.25, -0.2) is 4.98 Å². The SMILES string of the molecule is COCC1CCCN(c2ccc(C(=O)Nc3nncs3)cn2)C1. The average Bonchev–Trinajstić information content (AvgIpc) is 3.08. The normalized spacial score (nSPS) is 18.0. The molecule has 2 aromatic heterocycles. The fourth-order valence-corrected chi connectivity index (χ4v) is 3.19. The second-order valence-corrected chi connectivity index (χ2v) is 6.35. The first-order valence-corrected chi connectivity index (χ1v) is 8.41. The highest BCUT2D eigenvalue weighted by Gasteiger charge is 2.21. The fourth-order valence-electron chi connectivity index (χ4n) is 2.75. The predicted octanol–water partition coefficient (Wildman–Crippen LogP) is 2.05. The molecule has 0 spiro atoms. The van der Waals surface area contributed by atoms with E-state index in [0.717, 1.165) is 31.9 Å². The summed E-state index contributed by atoms with van der Waals surface area (Å²) in [6.45, 7) is 2.71. The van der Waals surface area contributed by atoms with Gasteiger partial charge in [-0.3, -0.25) is 10.1 Å². The van der Waals surface area contributed by atoms with E-state index < -0.39 is 0 Å². The summed E-state index contributed by atoms with van der Waals surface area (Å²) < 4.78 is 5.26. The predicted molar refractivity (Wildman–Crippen MR) is 88.9 cm³/mol. The van der Waals surface area contributed by atoms with Crippen molar-refractivity contribution in [3.63, 3.8) is 0 Å². The first-order valence-electron chi connectivity index (χ1n) is 7.53. The highest BCUT2D eigenvalue weighted by atomic mass is 32.1. The summed E-state index contributed by atoms with van der Waals surface area (Å²) in [6, 6.07) is 3.68. The first kappa shape index (κ1) is 15.8. The zero-order chi connectivity index (χ0) is 16.1. The lowest BCUT2D eigenvalue weighted by atomic mass is 9.99. The average molecular weight is 333 g/mol. The number of ether oxygens (including phenoxy) is 1. The van der Waals surface area contributed by atoms with E-state index in [0.29, 0.717) is 16.6 Å². The van der Waals surface area contributed by atoms with E-state index >= 15 is 0 Å². The van der Waals surface area contributed by atoms with E-state index in [1.54, 1.807) is 24.9 Å². The highest BCUT2D eigenvalue weighted by molar-refractivity contribution is 7.13. The number of piperidine rings is 1. The molecule has 7 nitrogen and oxygen atoms in total. The van der Waals surface area contributed by atoms with Crippen molar-refractivity contribution in [3.05, 3.63) is 29.4 Å². The van der Waals surface area contributed by atoms with Crippen LogP contribution in [-0.2, 0) is 4.74 Å². The van der Waals surface area contributed by atoms with Crippen molar-refractivity contribution in [1.82, 2.24) is 15.2 Å². The Bertz CT molecular complexity index is 630. The molecule has 1 unspecified atom stereocenters. The molecule has 1 atom stereocenters. The molecule has 1 fully saturated rings. The minimum absolute atomic E-state index is 0.225. The maximum Gasteiger partial charge on any atom is 0.259 e. The lowest BCUT2D eigenvalue weighted by Gasteiger charge is -2.33. The van der Waals surface area contributed by atoms with Gasteiger partial charge >= 0.3 is 0 Å². The molecule has 0 saturated carbocycles. The molecule has 122 valence electrons. The van der Waals surface area contributed by atoms with Crippen LogP contribution in [-0.4, -0.2) is 47.9 Å². The number of rotatable bonds is 5. The van der Waals surface area contributed by atoms with Gasteiger partial charge in [0.1, 0.15) is 11.3 Å². The van der Waals surface area contributed by atoms with E-state index in [1.807, 2.05) is 6.07 Å². The molecule has 0 aromatic carbocycles. The van der Waals surface area contributed by atoms with Crippen LogP contribution < -0.4 is 10.2 Å². The molecular formula is C15H19N5O2S. The van der Waals surface area contributed by atoms with Gasteiger partial charge in [-0.1, -0.05) is 11.3 Å². The number of aromatic nitrogens is 3. The standard InChI is InChI=1S/C15H19N5O2S/c1-22-9-11-3-2-6-20(8-11)13-5-4-12(7-16-13)14(21)18-15-19-17-10-23-15/h4-5,7,10-11H,2-3,6,8-9H2,1H3,(H,18,19,21). The van der Waals surface area contributed by atoms with Crippen LogP contribution in [0.1, 0.15) is 23.2 Å². The van der Waals surface area contributed by atoms with Crippen LogP contribution in [0.5, 0.6) is 0 Å². The minimum atomic E-state index is -0.225. The summed E-state index contributed by atoms with van der Waals surface area (Å²) >= 11 is 1.28. The number of carbonyl (C=O) groups is 1. The molecule has 1 aliphatic rings. The lowest BCUT2D eigenvalue weighted by molar-refractivity contribution is 0.102. The maximum atomic E-state index is 12.1. The van der Waals surface area contributed by atoms with Crippen molar-refractivity contribution >= 4 is 28.2 Å². The molecule has 0 bridgehead atoms. The molecule has 1 saturated heterocycles. The largest absolute Gasteiger partial charge is 0.384 e. The third-order valence-corrected chi connectivity index (χ3v) is 4.44. The van der Waals surface area contributed by atoms with Crippen LogP contribution in [0.15, 0.2) is 23.8 Å². The number of carbonyl (C=O) groups excluding carboxylic acids is 1. The van der Waals surface area contributed by atoms with Gasteiger partial charge < -0.3 is 9.64 Å². The third-order valence-electron chi connectivity index (χ3n) is 3.84. The number of hydrogen-bond acceptors (Lipinski definition) is 7. The van der Waals surface area contributed by atoms with Crippen molar-refractivity contribution in [2.24, 2.45) is 5.92 Å². The molecule has 2 aromatic rings. The Morgan fingerprint density at radius 3 is 3.13 bits per heavy atom. The van der Waals surface area contributed by atoms with Gasteiger partial charge in [-0.15, -0.1) is 10.2 Å². The van der Waals surface area contributed by atoms with Crippen molar-refractivity contribution in [3.8, 4) is 0 Å². The molecule has 1 amide bonds. The van der Waals surface area contributed by atoms with Crippen LogP contribution in [0.25, 0.3) is 0 Å². The summed E-state index contributed by atoms with van der Waals surface area (Å²) in [7, 11) is 1.74. The van der Waals surface area contributed by atoms with Gasteiger partial charge in [-0.05, 0) is 30.9 Å². The van der Waals surface area contributed by atoms with Gasteiger partial charge in [0.2, 0.25) is 5.13 Å². The summed E-state index contributed by atoms with van der Waals surface area (Å²) in [6.07, 6.45) is 3.92. The van der Waals surface area contributed by atoms with Crippen molar-refractivity contribution in [1.29, 1.82) is 0 Å². The summed E-state index contributed by atoms with van der Waals surface area (Å²) in [5, 5.41) is 10.7. The number of nitrogens with zero attached hydrogens (tertiary/aromatic N) is 4. The smallest absolute Gasteiger partial charge is 0.259 e. The Morgan fingerprint density at radius 1 is 1.52 bits per heavy atom. The summed E-state index contributed by atoms with van der Waals surface area (Å²) in [5.41, 5.74) is 2.08. The van der Waals surface area contributed by atoms with Gasteiger partial charge in [0.15, 0.2) is 0 Å². The van der Waals surface area contributed by atoms with Crippen LogP contribution in [0.4, 0.5) is 10.9 Å². The quantitative estimate of drug-likeness (QED) is 0.902. The Balaban J connectivity index is 1.63. The number of amides is 1. The van der Waals surface area contributed by atoms with E-state index in [1.165, 1.54) is 17.8 Å². The molecule has 1 aliphatic heterocycles. The van der Waals surface area contributed by atoms with Crippen LogP contribution in [0.3, 0.4) is 0 Å². The number of pyridine rings is 1. The Labute approximate surface area is 138 Å². The summed E-state index contributed by atoms with van der Waals surface area (Å²) in [5.74, 6) is 1.21. The maximum absolute atomic E-state index is 12.1. The minimum Gasteiger partial charge on any atom is -0.384 e. The highest BCUT2D eigenvalue weighted by Crippen LogP contribution is 2.22. The second kappa shape index (κ2) is 7.47. The molecule has 8 heteroatoms. The van der Waals surface area contributed by atoms with Crippen LogP contribution in [0.2, 0.25) is 0 Å². The topological polar surface area (TPSA) is 80.2 Å². The Kier molecular flexibility index (Phi) is 5.14. The zero-order valence-electron chi connectivity index (χ0n) is 12.9.